The lowest BCUT2D eigenvalue weighted by Crippen LogP contribution is -2.44. The Morgan fingerprint density at radius 1 is 1.00 bits per heavy atom. The van der Waals surface area contributed by atoms with Gasteiger partial charge in [-0.2, -0.15) is 0 Å². The molecular weight excluding hydrogens is 312 g/mol. The number of likely N-dealkylation sites (tertiary alicyclic amines) is 1. The molecule has 0 saturated carbocycles. The third-order valence-electron chi connectivity index (χ3n) is 5.20. The van der Waals surface area contributed by atoms with Crippen LogP contribution in [0.25, 0.3) is 10.9 Å². The molecule has 25 heavy (non-hydrogen) atoms. The highest BCUT2D eigenvalue weighted by Gasteiger charge is 2.35. The van der Waals surface area contributed by atoms with Gasteiger partial charge in [-0.15, -0.1) is 0 Å². The smallest absolute Gasteiger partial charge is 0.119 e. The van der Waals surface area contributed by atoms with Crippen LogP contribution in [0.1, 0.15) is 18.4 Å². The molecule has 0 unspecified atom stereocenters. The monoisotopic (exact) mass is 336 g/mol. The maximum Gasteiger partial charge on any atom is 0.119 e. The molecule has 1 saturated heterocycles. The Labute approximate surface area is 148 Å². The van der Waals surface area contributed by atoms with Gasteiger partial charge in [0.05, 0.1) is 5.60 Å². The Balaban J connectivity index is 1.35. The van der Waals surface area contributed by atoms with Crippen LogP contribution in [0.5, 0.6) is 5.75 Å². The van der Waals surface area contributed by atoms with Crippen molar-refractivity contribution in [2.75, 3.05) is 26.2 Å². The van der Waals surface area contributed by atoms with Crippen molar-refractivity contribution in [3.63, 3.8) is 0 Å². The summed E-state index contributed by atoms with van der Waals surface area (Å²) < 4.78 is 5.78. The van der Waals surface area contributed by atoms with Crippen molar-refractivity contribution in [2.45, 2.75) is 18.4 Å². The number of fused-ring (bicyclic) bond motifs is 1. The van der Waals surface area contributed by atoms with Crippen LogP contribution < -0.4 is 4.74 Å². The summed E-state index contributed by atoms with van der Waals surface area (Å²) in [5.74, 6) is 0.912. The lowest BCUT2D eigenvalue weighted by Gasteiger charge is -2.38. The zero-order valence-corrected chi connectivity index (χ0v) is 14.3. The quantitative estimate of drug-likeness (QED) is 0.749. The number of para-hydroxylation sites is 1. The van der Waals surface area contributed by atoms with Crippen LogP contribution >= 0.6 is 0 Å². The van der Waals surface area contributed by atoms with Crippen LogP contribution in [0.15, 0.2) is 60.8 Å². The van der Waals surface area contributed by atoms with Gasteiger partial charge in [0.15, 0.2) is 0 Å². The minimum absolute atomic E-state index is 0.676. The van der Waals surface area contributed by atoms with Gasteiger partial charge >= 0.3 is 0 Å². The molecule has 0 atom stereocenters. The number of aromatic nitrogens is 1. The molecule has 4 rings (SSSR count). The van der Waals surface area contributed by atoms with E-state index >= 15 is 0 Å². The van der Waals surface area contributed by atoms with Gasteiger partial charge < -0.3 is 14.8 Å². The number of hydrogen-bond donors (Lipinski definition) is 2. The summed E-state index contributed by atoms with van der Waals surface area (Å²) in [6.07, 6.45) is 3.44. The van der Waals surface area contributed by atoms with Crippen molar-refractivity contribution in [3.8, 4) is 5.75 Å². The Morgan fingerprint density at radius 3 is 2.60 bits per heavy atom. The van der Waals surface area contributed by atoms with Gasteiger partial charge in [-0.1, -0.05) is 30.3 Å². The summed E-state index contributed by atoms with van der Waals surface area (Å²) in [6, 6.07) is 18.1. The highest BCUT2D eigenvalue weighted by Crippen LogP contribution is 2.36. The van der Waals surface area contributed by atoms with Crippen molar-refractivity contribution >= 4 is 10.9 Å². The maximum atomic E-state index is 11.2. The molecule has 1 fully saturated rings. The number of H-pyrrole nitrogens is 1. The lowest BCUT2D eigenvalue weighted by atomic mass is 9.83. The molecule has 4 nitrogen and oxygen atoms in total. The average Bonchev–Trinajstić information content (AvgIpc) is 3.13. The second-order valence-electron chi connectivity index (χ2n) is 6.78. The van der Waals surface area contributed by atoms with E-state index in [1.165, 1.54) is 0 Å². The van der Waals surface area contributed by atoms with Crippen molar-refractivity contribution < 1.29 is 9.84 Å². The molecule has 0 bridgehead atoms. The summed E-state index contributed by atoms with van der Waals surface area (Å²) in [5, 5.41) is 12.3. The van der Waals surface area contributed by atoms with Gasteiger partial charge in [0.1, 0.15) is 12.4 Å². The lowest BCUT2D eigenvalue weighted by molar-refractivity contribution is -0.0266. The third-order valence-corrected chi connectivity index (χ3v) is 5.20. The topological polar surface area (TPSA) is 48.5 Å². The number of nitrogens with zero attached hydrogens (tertiary/aromatic N) is 1. The zero-order valence-electron chi connectivity index (χ0n) is 14.3. The van der Waals surface area contributed by atoms with E-state index in [-0.39, 0.29) is 0 Å². The number of hydrogen-bond acceptors (Lipinski definition) is 3. The molecule has 1 aliphatic heterocycles. The van der Waals surface area contributed by atoms with Gasteiger partial charge in [-0.25, -0.2) is 0 Å². The summed E-state index contributed by atoms with van der Waals surface area (Å²) in [4.78, 5) is 5.60. The van der Waals surface area contributed by atoms with E-state index in [0.29, 0.717) is 6.61 Å². The zero-order chi connectivity index (χ0) is 17.1. The summed E-state index contributed by atoms with van der Waals surface area (Å²) >= 11 is 0. The molecule has 2 N–H and O–H groups in total. The Morgan fingerprint density at radius 2 is 1.80 bits per heavy atom. The molecule has 0 aliphatic carbocycles. The van der Waals surface area contributed by atoms with Gasteiger partial charge in [0.2, 0.25) is 0 Å². The van der Waals surface area contributed by atoms with Crippen molar-refractivity contribution in [1.29, 1.82) is 0 Å². The maximum absolute atomic E-state index is 11.2. The molecule has 0 radical (unpaired) electrons. The predicted octanol–water partition coefficient (Wildman–Crippen LogP) is 3.53. The number of aliphatic hydroxyl groups is 1. The van der Waals surface area contributed by atoms with E-state index in [1.54, 1.807) is 0 Å². The molecule has 0 amide bonds. The predicted molar refractivity (Wildman–Crippen MR) is 99.8 cm³/mol. The largest absolute Gasteiger partial charge is 0.492 e. The van der Waals surface area contributed by atoms with Crippen molar-refractivity contribution in [3.05, 3.63) is 66.4 Å². The van der Waals surface area contributed by atoms with Gasteiger partial charge in [-0.05, 0) is 42.7 Å². The first-order valence-electron chi connectivity index (χ1n) is 8.94. The molecule has 4 heteroatoms. The molecule has 0 spiro atoms. The van der Waals surface area contributed by atoms with E-state index in [4.69, 9.17) is 4.74 Å². The Bertz CT molecular complexity index is 820. The first-order chi connectivity index (χ1) is 12.2. The van der Waals surface area contributed by atoms with Gasteiger partial charge in [-0.3, -0.25) is 4.90 Å². The molecule has 1 aliphatic rings. The second kappa shape index (κ2) is 6.90. The molecule has 2 aromatic carbocycles. The summed E-state index contributed by atoms with van der Waals surface area (Å²) in [5.41, 5.74) is 1.40. The van der Waals surface area contributed by atoms with Crippen molar-refractivity contribution in [2.24, 2.45) is 0 Å². The van der Waals surface area contributed by atoms with Crippen LogP contribution in [0.2, 0.25) is 0 Å². The molecule has 3 aromatic rings. The van der Waals surface area contributed by atoms with Crippen LogP contribution in [0.3, 0.4) is 0 Å². The van der Waals surface area contributed by atoms with E-state index in [1.807, 2.05) is 42.6 Å². The highest BCUT2D eigenvalue weighted by molar-refractivity contribution is 5.83. The summed E-state index contributed by atoms with van der Waals surface area (Å²) in [7, 11) is 0. The number of rotatable bonds is 5. The fourth-order valence-electron chi connectivity index (χ4n) is 3.72. The number of nitrogens with one attached hydrogen (secondary N) is 1. The number of benzene rings is 2. The van der Waals surface area contributed by atoms with Crippen molar-refractivity contribution in [1.82, 2.24) is 9.88 Å². The second-order valence-corrected chi connectivity index (χ2v) is 6.78. The minimum Gasteiger partial charge on any atom is -0.492 e. The third kappa shape index (κ3) is 3.41. The molecule has 130 valence electrons. The standard InChI is InChI=1S/C21H24N2O2/c24-21(19-7-4-8-20-18(19)9-12-22-20)10-13-23(14-11-21)15-16-25-17-5-2-1-3-6-17/h1-9,12,22,24H,10-11,13-16H2. The van der Waals surface area contributed by atoms with E-state index in [0.717, 1.165) is 54.7 Å². The van der Waals surface area contributed by atoms with E-state index < -0.39 is 5.60 Å². The summed E-state index contributed by atoms with van der Waals surface area (Å²) in [6.45, 7) is 3.33. The average molecular weight is 336 g/mol. The first kappa shape index (κ1) is 16.2. The number of aromatic amines is 1. The fraction of sp³-hybridized carbons (Fsp3) is 0.333. The highest BCUT2D eigenvalue weighted by atomic mass is 16.5. The number of ether oxygens (including phenoxy) is 1. The normalized spacial score (nSPS) is 17.6. The SMILES string of the molecule is OC1(c2cccc3[nH]ccc23)CCN(CCOc2ccccc2)CC1. The van der Waals surface area contributed by atoms with E-state index in [9.17, 15) is 5.11 Å². The van der Waals surface area contributed by atoms with Crippen LogP contribution in [0.4, 0.5) is 0 Å². The Hall–Kier alpha value is -2.30. The molecular formula is C21H24N2O2. The molecule has 1 aromatic heterocycles. The van der Waals surface area contributed by atoms with Crippen LogP contribution in [0, 0.1) is 0 Å². The molecule has 2 heterocycles. The minimum atomic E-state index is -0.738. The fourth-order valence-corrected chi connectivity index (χ4v) is 3.72. The van der Waals surface area contributed by atoms with Gasteiger partial charge in [0.25, 0.3) is 0 Å². The Kier molecular flexibility index (Phi) is 4.47. The van der Waals surface area contributed by atoms with Gasteiger partial charge in [0, 0.05) is 36.7 Å². The number of piperidine rings is 1. The van der Waals surface area contributed by atoms with Crippen LogP contribution in [-0.2, 0) is 5.60 Å². The van der Waals surface area contributed by atoms with E-state index in [2.05, 4.69) is 28.1 Å². The van der Waals surface area contributed by atoms with Crippen LogP contribution in [-0.4, -0.2) is 41.2 Å². The first-order valence-corrected chi connectivity index (χ1v) is 8.94.